The number of aromatic nitrogens is 5. The number of hydrogen-bond donors (Lipinski definition) is 2. The Hall–Kier alpha value is -3.27. The summed E-state index contributed by atoms with van der Waals surface area (Å²) in [5.74, 6) is 2.39. The monoisotopic (exact) mass is 504 g/mol. The first-order chi connectivity index (χ1) is 17.3. The molecule has 3 aromatic rings. The van der Waals surface area contributed by atoms with Gasteiger partial charge in [-0.15, -0.1) is 11.8 Å². The van der Waals surface area contributed by atoms with Gasteiger partial charge in [-0.05, 0) is 58.4 Å². The molecule has 36 heavy (non-hydrogen) atoms. The molecule has 10 heteroatoms. The van der Waals surface area contributed by atoms with Crippen molar-refractivity contribution in [3.8, 4) is 0 Å². The fraction of sp³-hybridized carbons (Fsp3) is 0.462. The molecule has 1 saturated carbocycles. The van der Waals surface area contributed by atoms with E-state index in [1.807, 2.05) is 46.0 Å². The third-order valence-electron chi connectivity index (χ3n) is 6.29. The highest BCUT2D eigenvalue weighted by molar-refractivity contribution is 7.99. The Morgan fingerprint density at radius 2 is 2.00 bits per heavy atom. The molecule has 2 N–H and O–H groups in total. The Morgan fingerprint density at radius 3 is 2.67 bits per heavy atom. The summed E-state index contributed by atoms with van der Waals surface area (Å²) in [5.41, 5.74) is 3.73. The minimum atomic E-state index is -0.484. The first kappa shape index (κ1) is 24.4. The second-order valence-electron chi connectivity index (χ2n) is 10.1. The number of aliphatic imine (C=N–C) groups is 1. The van der Waals surface area contributed by atoms with Crippen LogP contribution in [0.1, 0.15) is 81.0 Å². The SMILES string of the molecule is CCSc1ccc(CNc2nc3c(n(C(C)(C)C)c2=O)NC(c2c(C)ncnc2C2CC2)N=C3)nc1. The standard InChI is InChI=1S/C26H32N8OS/c1-6-36-18-10-9-17(27-12-18)11-28-23-25(35)34(26(3,4)5)24-19(32-23)13-29-22(33-24)20-15(2)30-14-31-21(20)16-7-8-16/h9-10,12-14,16,22,33H,6-8,11H2,1-5H3,(H,28,32). The molecule has 9 nitrogen and oxygen atoms in total. The average Bonchev–Trinajstić information content (AvgIpc) is 3.68. The van der Waals surface area contributed by atoms with E-state index in [2.05, 4.69) is 37.5 Å². The molecule has 188 valence electrons. The molecule has 0 spiro atoms. The number of anilines is 2. The highest BCUT2D eigenvalue weighted by Crippen LogP contribution is 2.43. The number of aryl methyl sites for hydroxylation is 1. The molecule has 5 rings (SSSR count). The van der Waals surface area contributed by atoms with E-state index < -0.39 is 5.54 Å². The van der Waals surface area contributed by atoms with Gasteiger partial charge in [0.2, 0.25) is 0 Å². The van der Waals surface area contributed by atoms with Crippen molar-refractivity contribution in [1.82, 2.24) is 24.5 Å². The van der Waals surface area contributed by atoms with Crippen molar-refractivity contribution >= 4 is 29.6 Å². The summed E-state index contributed by atoms with van der Waals surface area (Å²) in [6, 6.07) is 4.02. The van der Waals surface area contributed by atoms with Crippen LogP contribution in [0.4, 0.5) is 11.6 Å². The molecule has 0 bridgehead atoms. The van der Waals surface area contributed by atoms with Gasteiger partial charge in [0.15, 0.2) is 5.82 Å². The van der Waals surface area contributed by atoms with Crippen LogP contribution in [0.5, 0.6) is 0 Å². The van der Waals surface area contributed by atoms with Crippen molar-refractivity contribution in [3.05, 3.63) is 63.3 Å². The van der Waals surface area contributed by atoms with Gasteiger partial charge in [0.05, 0.1) is 24.1 Å². The minimum Gasteiger partial charge on any atom is -0.360 e. The Labute approximate surface area is 215 Å². The Balaban J connectivity index is 1.47. The molecule has 2 aliphatic rings. The van der Waals surface area contributed by atoms with Crippen molar-refractivity contribution in [2.45, 2.75) is 76.5 Å². The second kappa shape index (κ2) is 9.65. The third-order valence-corrected chi connectivity index (χ3v) is 7.15. The fourth-order valence-electron chi connectivity index (χ4n) is 4.45. The number of nitrogens with one attached hydrogen (secondary N) is 2. The van der Waals surface area contributed by atoms with Gasteiger partial charge in [-0.2, -0.15) is 0 Å². The van der Waals surface area contributed by atoms with Crippen LogP contribution in [0.2, 0.25) is 0 Å². The number of thioether (sulfide) groups is 1. The van der Waals surface area contributed by atoms with Crippen LogP contribution in [-0.4, -0.2) is 36.5 Å². The predicted octanol–water partition coefficient (Wildman–Crippen LogP) is 4.64. The molecule has 1 aliphatic carbocycles. The number of fused-ring (bicyclic) bond motifs is 1. The van der Waals surface area contributed by atoms with E-state index in [0.717, 1.165) is 46.1 Å². The number of hydrogen-bond acceptors (Lipinski definition) is 9. The first-order valence-corrected chi connectivity index (χ1v) is 13.3. The maximum atomic E-state index is 13.6. The lowest BCUT2D eigenvalue weighted by atomic mass is 10.0. The van der Waals surface area contributed by atoms with Crippen LogP contribution in [0.25, 0.3) is 0 Å². The van der Waals surface area contributed by atoms with Gasteiger partial charge < -0.3 is 10.6 Å². The van der Waals surface area contributed by atoms with Gasteiger partial charge in [-0.1, -0.05) is 6.92 Å². The summed E-state index contributed by atoms with van der Waals surface area (Å²) in [6.07, 6.45) is 7.14. The van der Waals surface area contributed by atoms with Crippen LogP contribution >= 0.6 is 11.8 Å². The summed E-state index contributed by atoms with van der Waals surface area (Å²) in [7, 11) is 0. The normalized spacial score (nSPS) is 17.0. The molecular weight excluding hydrogens is 472 g/mol. The summed E-state index contributed by atoms with van der Waals surface area (Å²) in [5, 5.41) is 6.70. The van der Waals surface area contributed by atoms with Crippen LogP contribution in [0, 0.1) is 6.92 Å². The number of nitrogens with zero attached hydrogens (tertiary/aromatic N) is 6. The van der Waals surface area contributed by atoms with E-state index in [0.29, 0.717) is 24.0 Å². The molecule has 1 fully saturated rings. The number of rotatable bonds is 7. The fourth-order valence-corrected chi connectivity index (χ4v) is 5.07. The molecule has 0 radical (unpaired) electrons. The van der Waals surface area contributed by atoms with Gasteiger partial charge in [-0.25, -0.2) is 15.0 Å². The van der Waals surface area contributed by atoms with E-state index >= 15 is 0 Å². The highest BCUT2D eigenvalue weighted by Gasteiger charge is 2.34. The lowest BCUT2D eigenvalue weighted by Gasteiger charge is -2.32. The Morgan fingerprint density at radius 1 is 1.19 bits per heavy atom. The van der Waals surface area contributed by atoms with E-state index in [-0.39, 0.29) is 17.5 Å². The zero-order valence-corrected chi connectivity index (χ0v) is 22.2. The predicted molar refractivity (Wildman–Crippen MR) is 144 cm³/mol. The lowest BCUT2D eigenvalue weighted by Crippen LogP contribution is -2.39. The van der Waals surface area contributed by atoms with Crippen LogP contribution < -0.4 is 16.2 Å². The van der Waals surface area contributed by atoms with Gasteiger partial charge in [0.1, 0.15) is 24.0 Å². The summed E-state index contributed by atoms with van der Waals surface area (Å²) >= 11 is 1.75. The summed E-state index contributed by atoms with van der Waals surface area (Å²) in [6.45, 7) is 10.5. The molecule has 0 aromatic carbocycles. The smallest absolute Gasteiger partial charge is 0.295 e. The van der Waals surface area contributed by atoms with Gasteiger partial charge in [-0.3, -0.25) is 19.3 Å². The number of pyridine rings is 1. The topological polar surface area (TPSA) is 110 Å². The maximum absolute atomic E-state index is 13.6. The Bertz CT molecular complexity index is 1360. The van der Waals surface area contributed by atoms with Crippen molar-refractivity contribution in [3.63, 3.8) is 0 Å². The third kappa shape index (κ3) is 4.86. The lowest BCUT2D eigenvalue weighted by molar-refractivity contribution is 0.386. The Kier molecular flexibility index (Phi) is 6.55. The van der Waals surface area contributed by atoms with Gasteiger partial charge in [0.25, 0.3) is 5.56 Å². The molecule has 0 saturated heterocycles. The van der Waals surface area contributed by atoms with Crippen LogP contribution in [-0.2, 0) is 12.1 Å². The second-order valence-corrected chi connectivity index (χ2v) is 11.5. The van der Waals surface area contributed by atoms with Crippen molar-refractivity contribution in [1.29, 1.82) is 0 Å². The van der Waals surface area contributed by atoms with E-state index in [1.165, 1.54) is 0 Å². The molecule has 1 unspecified atom stereocenters. The van der Waals surface area contributed by atoms with Crippen molar-refractivity contribution in [2.75, 3.05) is 16.4 Å². The molecule has 0 amide bonds. The average molecular weight is 505 g/mol. The molecular formula is C26H32N8OS. The van der Waals surface area contributed by atoms with Crippen molar-refractivity contribution < 1.29 is 0 Å². The van der Waals surface area contributed by atoms with E-state index in [9.17, 15) is 4.79 Å². The van der Waals surface area contributed by atoms with Gasteiger partial charge in [0, 0.05) is 33.8 Å². The molecule has 1 aliphatic heterocycles. The molecule has 1 atom stereocenters. The molecule has 4 heterocycles. The zero-order chi connectivity index (χ0) is 25.4. The van der Waals surface area contributed by atoms with E-state index in [4.69, 9.17) is 4.99 Å². The van der Waals surface area contributed by atoms with Gasteiger partial charge >= 0.3 is 0 Å². The first-order valence-electron chi connectivity index (χ1n) is 12.4. The summed E-state index contributed by atoms with van der Waals surface area (Å²) in [4.78, 5) is 37.7. The van der Waals surface area contributed by atoms with Crippen LogP contribution in [0.15, 0.2) is 39.3 Å². The zero-order valence-electron chi connectivity index (χ0n) is 21.4. The maximum Gasteiger partial charge on any atom is 0.295 e. The summed E-state index contributed by atoms with van der Waals surface area (Å²) < 4.78 is 1.76. The van der Waals surface area contributed by atoms with Crippen LogP contribution in [0.3, 0.4) is 0 Å². The van der Waals surface area contributed by atoms with E-state index in [1.54, 1.807) is 28.9 Å². The highest BCUT2D eigenvalue weighted by atomic mass is 32.2. The minimum absolute atomic E-state index is 0.190. The van der Waals surface area contributed by atoms with Crippen molar-refractivity contribution in [2.24, 2.45) is 4.99 Å². The molecule has 3 aromatic heterocycles. The quantitative estimate of drug-likeness (QED) is 0.448. The largest absolute Gasteiger partial charge is 0.360 e.